The van der Waals surface area contributed by atoms with Crippen molar-refractivity contribution < 1.29 is 9.53 Å². The van der Waals surface area contributed by atoms with Crippen LogP contribution in [0.1, 0.15) is 45.1 Å². The molecule has 1 atom stereocenters. The minimum absolute atomic E-state index is 0.0197. The lowest BCUT2D eigenvalue weighted by atomic mass is 9.91. The van der Waals surface area contributed by atoms with Crippen LogP contribution in [0.25, 0.3) is 0 Å². The maximum Gasteiger partial charge on any atom is 0.237 e. The summed E-state index contributed by atoms with van der Waals surface area (Å²) in [6, 6.07) is 4.43. The lowest BCUT2D eigenvalue weighted by molar-refractivity contribution is -0.132. The number of rotatable bonds is 8. The zero-order valence-electron chi connectivity index (χ0n) is 17.5. The molecule has 1 amide bonds. The molecule has 2 saturated heterocycles. The summed E-state index contributed by atoms with van der Waals surface area (Å²) in [6.45, 7) is 10.6. The van der Waals surface area contributed by atoms with Gasteiger partial charge in [0.1, 0.15) is 0 Å². The Labute approximate surface area is 169 Å². The monoisotopic (exact) mass is 388 g/mol. The summed E-state index contributed by atoms with van der Waals surface area (Å²) in [5.41, 5.74) is 1.30. The molecule has 1 unspecified atom stereocenters. The van der Waals surface area contributed by atoms with Crippen molar-refractivity contribution in [2.75, 3.05) is 39.4 Å². The maximum absolute atomic E-state index is 13.2. The number of nitrogens with one attached hydrogen (secondary N) is 1. The Morgan fingerprint density at radius 1 is 1.14 bits per heavy atom. The SMILES string of the molecule is CCC(CC)C(C(=O)NC1CCN(Cc2ccncc2)CC1)N1CCOCC1. The Balaban J connectivity index is 1.52. The van der Waals surface area contributed by atoms with Crippen molar-refractivity contribution in [3.05, 3.63) is 30.1 Å². The average molecular weight is 389 g/mol. The van der Waals surface area contributed by atoms with Crippen LogP contribution in [0.4, 0.5) is 0 Å². The molecule has 0 spiro atoms. The van der Waals surface area contributed by atoms with E-state index in [1.54, 1.807) is 0 Å². The fraction of sp³-hybridized carbons (Fsp3) is 0.727. The summed E-state index contributed by atoms with van der Waals surface area (Å²) < 4.78 is 5.50. The highest BCUT2D eigenvalue weighted by molar-refractivity contribution is 5.82. The minimum Gasteiger partial charge on any atom is -0.379 e. The van der Waals surface area contributed by atoms with Crippen LogP contribution >= 0.6 is 0 Å². The van der Waals surface area contributed by atoms with Gasteiger partial charge < -0.3 is 10.1 Å². The normalized spacial score (nSPS) is 21.0. The van der Waals surface area contributed by atoms with E-state index in [9.17, 15) is 4.79 Å². The van der Waals surface area contributed by atoms with Gasteiger partial charge in [0.25, 0.3) is 0 Å². The first-order chi connectivity index (χ1) is 13.7. The second-order valence-corrected chi connectivity index (χ2v) is 8.08. The summed E-state index contributed by atoms with van der Waals surface area (Å²) >= 11 is 0. The van der Waals surface area contributed by atoms with E-state index in [0.717, 1.165) is 71.6 Å². The summed E-state index contributed by atoms with van der Waals surface area (Å²) in [5.74, 6) is 0.632. The lowest BCUT2D eigenvalue weighted by Gasteiger charge is -2.39. The third kappa shape index (κ3) is 5.75. The van der Waals surface area contributed by atoms with Crippen LogP contribution in [0.2, 0.25) is 0 Å². The predicted octanol–water partition coefficient (Wildman–Crippen LogP) is 2.30. The molecule has 1 N–H and O–H groups in total. The Morgan fingerprint density at radius 3 is 2.39 bits per heavy atom. The van der Waals surface area contributed by atoms with E-state index < -0.39 is 0 Å². The van der Waals surface area contributed by atoms with E-state index in [4.69, 9.17) is 4.74 Å². The fourth-order valence-corrected chi connectivity index (χ4v) is 4.54. The number of likely N-dealkylation sites (tertiary alicyclic amines) is 1. The number of carbonyl (C=O) groups is 1. The van der Waals surface area contributed by atoms with Gasteiger partial charge >= 0.3 is 0 Å². The van der Waals surface area contributed by atoms with Crippen LogP contribution < -0.4 is 5.32 Å². The number of nitrogens with zero attached hydrogens (tertiary/aromatic N) is 3. The summed E-state index contributed by atoms with van der Waals surface area (Å²) in [7, 11) is 0. The molecule has 0 aliphatic carbocycles. The summed E-state index contributed by atoms with van der Waals surface area (Å²) in [5, 5.41) is 3.39. The highest BCUT2D eigenvalue weighted by Gasteiger charge is 2.34. The van der Waals surface area contributed by atoms with Crippen LogP contribution in [-0.4, -0.2) is 72.2 Å². The van der Waals surface area contributed by atoms with Gasteiger partial charge in [0.05, 0.1) is 19.3 Å². The van der Waals surface area contributed by atoms with Crippen LogP contribution in [0.15, 0.2) is 24.5 Å². The quantitative estimate of drug-likeness (QED) is 0.741. The molecular weight excluding hydrogens is 352 g/mol. The van der Waals surface area contributed by atoms with Gasteiger partial charge in [0.2, 0.25) is 5.91 Å². The van der Waals surface area contributed by atoms with Gasteiger partial charge in [-0.15, -0.1) is 0 Å². The molecule has 6 nitrogen and oxygen atoms in total. The number of piperidine rings is 1. The topological polar surface area (TPSA) is 57.7 Å². The molecule has 2 aliphatic rings. The number of amides is 1. The summed E-state index contributed by atoms with van der Waals surface area (Å²) in [4.78, 5) is 22.1. The highest BCUT2D eigenvalue weighted by Crippen LogP contribution is 2.21. The highest BCUT2D eigenvalue weighted by atomic mass is 16.5. The number of ether oxygens (including phenoxy) is 1. The third-order valence-electron chi connectivity index (χ3n) is 6.29. The van der Waals surface area contributed by atoms with Crippen LogP contribution in [0.3, 0.4) is 0 Å². The van der Waals surface area contributed by atoms with Crippen molar-refractivity contribution in [3.63, 3.8) is 0 Å². The van der Waals surface area contributed by atoms with E-state index in [1.807, 2.05) is 12.4 Å². The van der Waals surface area contributed by atoms with Crippen molar-refractivity contribution in [1.82, 2.24) is 20.1 Å². The molecular formula is C22H36N4O2. The molecule has 0 aromatic carbocycles. The Bertz CT molecular complexity index is 579. The van der Waals surface area contributed by atoms with E-state index in [-0.39, 0.29) is 11.9 Å². The van der Waals surface area contributed by atoms with Crippen molar-refractivity contribution in [2.24, 2.45) is 5.92 Å². The molecule has 0 radical (unpaired) electrons. The van der Waals surface area contributed by atoms with Crippen LogP contribution in [0.5, 0.6) is 0 Å². The molecule has 2 aliphatic heterocycles. The van der Waals surface area contributed by atoms with E-state index in [1.165, 1.54) is 5.56 Å². The molecule has 6 heteroatoms. The van der Waals surface area contributed by atoms with Gasteiger partial charge in [0.15, 0.2) is 0 Å². The first-order valence-corrected chi connectivity index (χ1v) is 10.9. The number of pyridine rings is 1. The second kappa shape index (κ2) is 10.9. The zero-order valence-corrected chi connectivity index (χ0v) is 17.5. The van der Waals surface area contributed by atoms with Gasteiger partial charge in [-0.3, -0.25) is 19.6 Å². The lowest BCUT2D eigenvalue weighted by Crippen LogP contribution is -2.57. The zero-order chi connectivity index (χ0) is 19.8. The smallest absolute Gasteiger partial charge is 0.237 e. The molecule has 1 aromatic heterocycles. The molecule has 3 rings (SSSR count). The first-order valence-electron chi connectivity index (χ1n) is 10.9. The van der Waals surface area contributed by atoms with E-state index >= 15 is 0 Å². The predicted molar refractivity (Wildman–Crippen MR) is 111 cm³/mol. The van der Waals surface area contributed by atoms with Crippen LogP contribution in [-0.2, 0) is 16.1 Å². The molecule has 2 fully saturated rings. The molecule has 0 saturated carbocycles. The molecule has 28 heavy (non-hydrogen) atoms. The van der Waals surface area contributed by atoms with E-state index in [2.05, 4.69) is 46.1 Å². The van der Waals surface area contributed by atoms with Gasteiger partial charge in [-0.1, -0.05) is 26.7 Å². The fourth-order valence-electron chi connectivity index (χ4n) is 4.54. The number of hydrogen-bond donors (Lipinski definition) is 1. The van der Waals surface area contributed by atoms with Gasteiger partial charge in [-0.05, 0) is 36.5 Å². The van der Waals surface area contributed by atoms with Gasteiger partial charge in [0, 0.05) is 51.2 Å². The number of carbonyl (C=O) groups excluding carboxylic acids is 1. The molecule has 0 bridgehead atoms. The molecule has 1 aromatic rings. The van der Waals surface area contributed by atoms with Crippen molar-refractivity contribution in [2.45, 2.75) is 58.2 Å². The average Bonchev–Trinajstić information content (AvgIpc) is 2.74. The molecule has 156 valence electrons. The van der Waals surface area contributed by atoms with Crippen LogP contribution in [0, 0.1) is 5.92 Å². The molecule has 3 heterocycles. The van der Waals surface area contributed by atoms with Crippen molar-refractivity contribution >= 4 is 5.91 Å². The minimum atomic E-state index is -0.0197. The third-order valence-corrected chi connectivity index (χ3v) is 6.29. The Morgan fingerprint density at radius 2 is 1.79 bits per heavy atom. The Hall–Kier alpha value is -1.50. The van der Waals surface area contributed by atoms with Gasteiger partial charge in [-0.2, -0.15) is 0 Å². The van der Waals surface area contributed by atoms with E-state index in [0.29, 0.717) is 12.0 Å². The number of morpholine rings is 1. The Kier molecular flexibility index (Phi) is 8.25. The largest absolute Gasteiger partial charge is 0.379 e. The van der Waals surface area contributed by atoms with Crippen molar-refractivity contribution in [1.29, 1.82) is 0 Å². The summed E-state index contributed by atoms with van der Waals surface area (Å²) in [6.07, 6.45) is 7.83. The van der Waals surface area contributed by atoms with Crippen molar-refractivity contribution in [3.8, 4) is 0 Å². The van der Waals surface area contributed by atoms with Gasteiger partial charge in [-0.25, -0.2) is 0 Å². The standard InChI is InChI=1S/C22H36N4O2/c1-3-19(4-2)21(26-13-15-28-16-14-26)22(27)24-20-7-11-25(12-8-20)17-18-5-9-23-10-6-18/h5-6,9-10,19-21H,3-4,7-8,11-17H2,1-2H3,(H,24,27). The maximum atomic E-state index is 13.2. The second-order valence-electron chi connectivity index (χ2n) is 8.08. The number of aromatic nitrogens is 1. The first kappa shape index (κ1) is 21.2. The number of hydrogen-bond acceptors (Lipinski definition) is 5.